The highest BCUT2D eigenvalue weighted by atomic mass is 16.3. The quantitative estimate of drug-likeness (QED) is 0.732. The maximum absolute atomic E-state index is 5.44. The van der Waals surface area contributed by atoms with Gasteiger partial charge in [-0.3, -0.25) is 4.90 Å². The van der Waals surface area contributed by atoms with Crippen molar-refractivity contribution in [2.45, 2.75) is 40.7 Å². The van der Waals surface area contributed by atoms with Crippen molar-refractivity contribution in [1.29, 1.82) is 0 Å². The van der Waals surface area contributed by atoms with Gasteiger partial charge in [0.05, 0.1) is 12.8 Å². The smallest absolute Gasteiger partial charge is 0.117 e. The normalized spacial score (nSPS) is 14.9. The Morgan fingerprint density at radius 3 is 2.61 bits per heavy atom. The predicted octanol–water partition coefficient (Wildman–Crippen LogP) is 3.13. The lowest BCUT2D eigenvalue weighted by Gasteiger charge is -2.34. The van der Waals surface area contributed by atoms with E-state index in [9.17, 15) is 0 Å². The lowest BCUT2D eigenvalue weighted by molar-refractivity contribution is 0.147. The van der Waals surface area contributed by atoms with Gasteiger partial charge in [0.15, 0.2) is 0 Å². The Balaban J connectivity index is 2.54. The summed E-state index contributed by atoms with van der Waals surface area (Å²) >= 11 is 0. The van der Waals surface area contributed by atoms with Crippen molar-refractivity contribution in [3.05, 3.63) is 24.2 Å². The molecule has 0 fully saturated rings. The predicted molar refractivity (Wildman–Crippen MR) is 76.6 cm³/mol. The van der Waals surface area contributed by atoms with Crippen LogP contribution in [0.3, 0.4) is 0 Å². The lowest BCUT2D eigenvalue weighted by atomic mass is 9.86. The Bertz CT molecular complexity index is 310. The van der Waals surface area contributed by atoms with Gasteiger partial charge in [-0.25, -0.2) is 0 Å². The molecule has 0 aromatic carbocycles. The van der Waals surface area contributed by atoms with Gasteiger partial charge in [-0.05, 0) is 37.1 Å². The van der Waals surface area contributed by atoms with Gasteiger partial charge in [-0.15, -0.1) is 0 Å². The second kappa shape index (κ2) is 7.59. The highest BCUT2D eigenvalue weighted by molar-refractivity contribution is 4.98. The molecule has 0 radical (unpaired) electrons. The molecule has 3 heteroatoms. The molecule has 0 aliphatic carbocycles. The van der Waals surface area contributed by atoms with Crippen LogP contribution in [0, 0.1) is 5.41 Å². The molecule has 0 amide bonds. The minimum atomic E-state index is 0.332. The fourth-order valence-corrected chi connectivity index (χ4v) is 2.16. The van der Waals surface area contributed by atoms with Crippen LogP contribution in [0.5, 0.6) is 0 Å². The SMILES string of the molecule is CCNCC(C)(CC)CN(CC)Cc1ccco1. The van der Waals surface area contributed by atoms with Gasteiger partial charge in [-0.2, -0.15) is 0 Å². The standard InChI is InChI=1S/C15H28N2O/c1-5-15(4,12-16-6-2)13-17(7-3)11-14-9-8-10-18-14/h8-10,16H,5-7,11-13H2,1-4H3. The first-order valence-corrected chi connectivity index (χ1v) is 7.09. The summed E-state index contributed by atoms with van der Waals surface area (Å²) in [4.78, 5) is 2.46. The van der Waals surface area contributed by atoms with Gasteiger partial charge in [0, 0.05) is 13.1 Å². The van der Waals surface area contributed by atoms with Gasteiger partial charge in [0.25, 0.3) is 0 Å². The molecule has 0 aliphatic heterocycles. The second-order valence-electron chi connectivity index (χ2n) is 5.33. The molecule has 1 unspecified atom stereocenters. The van der Waals surface area contributed by atoms with E-state index >= 15 is 0 Å². The van der Waals surface area contributed by atoms with E-state index in [4.69, 9.17) is 4.42 Å². The van der Waals surface area contributed by atoms with Crippen molar-refractivity contribution in [2.24, 2.45) is 5.41 Å². The molecular weight excluding hydrogens is 224 g/mol. The Hall–Kier alpha value is -0.800. The number of rotatable bonds is 9. The number of hydrogen-bond acceptors (Lipinski definition) is 3. The summed E-state index contributed by atoms with van der Waals surface area (Å²) in [6.45, 7) is 14.2. The third kappa shape index (κ3) is 4.83. The molecular formula is C15H28N2O. The van der Waals surface area contributed by atoms with E-state index in [-0.39, 0.29) is 0 Å². The summed E-state index contributed by atoms with van der Waals surface area (Å²) < 4.78 is 5.44. The average Bonchev–Trinajstić information content (AvgIpc) is 2.88. The molecule has 1 aromatic rings. The van der Waals surface area contributed by atoms with Crippen LogP contribution in [-0.2, 0) is 6.54 Å². The Morgan fingerprint density at radius 1 is 1.33 bits per heavy atom. The molecule has 0 bridgehead atoms. The first-order chi connectivity index (χ1) is 8.63. The molecule has 1 rings (SSSR count). The van der Waals surface area contributed by atoms with Crippen molar-refractivity contribution in [3.8, 4) is 0 Å². The molecule has 3 nitrogen and oxygen atoms in total. The maximum atomic E-state index is 5.44. The first kappa shape index (κ1) is 15.3. The molecule has 0 saturated heterocycles. The lowest BCUT2D eigenvalue weighted by Crippen LogP contribution is -2.41. The van der Waals surface area contributed by atoms with Crippen molar-refractivity contribution in [3.63, 3.8) is 0 Å². The first-order valence-electron chi connectivity index (χ1n) is 7.09. The van der Waals surface area contributed by atoms with Crippen LogP contribution >= 0.6 is 0 Å². The molecule has 18 heavy (non-hydrogen) atoms. The molecule has 0 saturated carbocycles. The van der Waals surface area contributed by atoms with Gasteiger partial charge in [-0.1, -0.05) is 27.7 Å². The summed E-state index contributed by atoms with van der Waals surface area (Å²) in [6.07, 6.45) is 2.94. The van der Waals surface area contributed by atoms with E-state index in [2.05, 4.69) is 44.0 Å². The zero-order valence-electron chi connectivity index (χ0n) is 12.3. The van der Waals surface area contributed by atoms with Crippen molar-refractivity contribution in [2.75, 3.05) is 26.2 Å². The number of nitrogens with zero attached hydrogens (tertiary/aromatic N) is 1. The van der Waals surface area contributed by atoms with E-state index < -0.39 is 0 Å². The van der Waals surface area contributed by atoms with Crippen LogP contribution in [0.2, 0.25) is 0 Å². The van der Waals surface area contributed by atoms with Gasteiger partial charge >= 0.3 is 0 Å². The van der Waals surface area contributed by atoms with E-state index in [1.54, 1.807) is 6.26 Å². The zero-order chi connectivity index (χ0) is 13.4. The van der Waals surface area contributed by atoms with Crippen LogP contribution in [0.15, 0.2) is 22.8 Å². The summed E-state index contributed by atoms with van der Waals surface area (Å²) in [7, 11) is 0. The number of furan rings is 1. The van der Waals surface area contributed by atoms with Gasteiger partial charge in [0.1, 0.15) is 5.76 Å². The van der Waals surface area contributed by atoms with Crippen molar-refractivity contribution in [1.82, 2.24) is 10.2 Å². The number of hydrogen-bond donors (Lipinski definition) is 1. The fourth-order valence-electron chi connectivity index (χ4n) is 2.16. The monoisotopic (exact) mass is 252 g/mol. The molecule has 1 N–H and O–H groups in total. The summed E-state index contributed by atoms with van der Waals surface area (Å²) in [5, 5.41) is 3.48. The highest BCUT2D eigenvalue weighted by Crippen LogP contribution is 2.22. The topological polar surface area (TPSA) is 28.4 Å². The minimum absolute atomic E-state index is 0.332. The van der Waals surface area contributed by atoms with Crippen LogP contribution in [-0.4, -0.2) is 31.1 Å². The van der Waals surface area contributed by atoms with E-state index in [1.807, 2.05) is 6.07 Å². The Kier molecular flexibility index (Phi) is 6.44. The molecule has 0 aliphatic rings. The second-order valence-corrected chi connectivity index (χ2v) is 5.33. The fraction of sp³-hybridized carbons (Fsp3) is 0.733. The third-order valence-electron chi connectivity index (χ3n) is 3.67. The molecule has 1 heterocycles. The van der Waals surface area contributed by atoms with E-state index in [0.29, 0.717) is 5.41 Å². The molecule has 1 aromatic heterocycles. The largest absolute Gasteiger partial charge is 0.468 e. The number of nitrogens with one attached hydrogen (secondary N) is 1. The third-order valence-corrected chi connectivity index (χ3v) is 3.67. The maximum Gasteiger partial charge on any atom is 0.117 e. The highest BCUT2D eigenvalue weighted by Gasteiger charge is 2.24. The van der Waals surface area contributed by atoms with Gasteiger partial charge in [0.2, 0.25) is 0 Å². The zero-order valence-corrected chi connectivity index (χ0v) is 12.3. The molecule has 104 valence electrons. The van der Waals surface area contributed by atoms with Crippen LogP contribution in [0.1, 0.15) is 39.9 Å². The Morgan fingerprint density at radius 2 is 2.11 bits per heavy atom. The van der Waals surface area contributed by atoms with Gasteiger partial charge < -0.3 is 9.73 Å². The average molecular weight is 252 g/mol. The van der Waals surface area contributed by atoms with Crippen LogP contribution < -0.4 is 5.32 Å². The Labute approximate surface area is 112 Å². The van der Waals surface area contributed by atoms with E-state index in [1.165, 1.54) is 6.42 Å². The summed E-state index contributed by atoms with van der Waals surface area (Å²) in [5.74, 6) is 1.05. The minimum Gasteiger partial charge on any atom is -0.468 e. The van der Waals surface area contributed by atoms with Crippen molar-refractivity contribution >= 4 is 0 Å². The summed E-state index contributed by atoms with van der Waals surface area (Å²) in [6, 6.07) is 4.01. The van der Waals surface area contributed by atoms with Crippen LogP contribution in [0.4, 0.5) is 0 Å². The van der Waals surface area contributed by atoms with Crippen molar-refractivity contribution < 1.29 is 4.42 Å². The summed E-state index contributed by atoms with van der Waals surface area (Å²) in [5.41, 5.74) is 0.332. The molecule has 0 spiro atoms. The van der Waals surface area contributed by atoms with E-state index in [0.717, 1.165) is 38.5 Å². The van der Waals surface area contributed by atoms with Crippen LogP contribution in [0.25, 0.3) is 0 Å². The molecule has 1 atom stereocenters.